The van der Waals surface area contributed by atoms with Crippen LogP contribution in [0.1, 0.15) is 15.9 Å². The van der Waals surface area contributed by atoms with Crippen LogP contribution in [0.5, 0.6) is 0 Å². The van der Waals surface area contributed by atoms with Gasteiger partial charge in [0.1, 0.15) is 0 Å². The van der Waals surface area contributed by atoms with Crippen molar-refractivity contribution in [1.29, 1.82) is 0 Å². The Kier molecular flexibility index (Phi) is 6.79. The van der Waals surface area contributed by atoms with Gasteiger partial charge in [-0.2, -0.15) is 5.10 Å². The number of thioether (sulfide) groups is 1. The number of aromatic nitrogens is 6. The first kappa shape index (κ1) is 22.2. The number of amides is 2. The molecule has 0 radical (unpaired) electrons. The Bertz CT molecular complexity index is 1240. The van der Waals surface area contributed by atoms with Gasteiger partial charge in [0, 0.05) is 43.7 Å². The molecule has 0 saturated heterocycles. The Labute approximate surface area is 194 Å². The molecule has 2 aromatic carbocycles. The minimum atomic E-state index is -0.186. The maximum absolute atomic E-state index is 12.8. The highest BCUT2D eigenvalue weighted by Gasteiger charge is 2.14. The highest BCUT2D eigenvalue weighted by molar-refractivity contribution is 7.99. The summed E-state index contributed by atoms with van der Waals surface area (Å²) in [7, 11) is 3.46. The van der Waals surface area contributed by atoms with Gasteiger partial charge in [-0.1, -0.05) is 30.0 Å². The fourth-order valence-electron chi connectivity index (χ4n) is 3.10. The number of nitrogens with zero attached hydrogens (tertiary/aromatic N) is 7. The number of tetrazole rings is 1. The Morgan fingerprint density at radius 2 is 1.85 bits per heavy atom. The number of para-hydroxylation sites is 1. The summed E-state index contributed by atoms with van der Waals surface area (Å²) in [5, 5.41) is 18.8. The van der Waals surface area contributed by atoms with Crippen molar-refractivity contribution in [2.45, 2.75) is 11.7 Å². The predicted molar refractivity (Wildman–Crippen MR) is 124 cm³/mol. The summed E-state index contributed by atoms with van der Waals surface area (Å²) in [6, 6.07) is 16.6. The highest BCUT2D eigenvalue weighted by Crippen LogP contribution is 2.16. The van der Waals surface area contributed by atoms with Crippen LogP contribution >= 0.6 is 11.8 Å². The van der Waals surface area contributed by atoms with Crippen LogP contribution in [-0.2, 0) is 18.4 Å². The first-order valence-corrected chi connectivity index (χ1v) is 11.1. The quantitative estimate of drug-likeness (QED) is 0.400. The van der Waals surface area contributed by atoms with E-state index in [9.17, 15) is 9.59 Å². The van der Waals surface area contributed by atoms with E-state index >= 15 is 0 Å². The molecule has 168 valence electrons. The normalized spacial score (nSPS) is 10.7. The molecule has 0 fully saturated rings. The third-order valence-electron chi connectivity index (χ3n) is 4.75. The summed E-state index contributed by atoms with van der Waals surface area (Å²) in [5.74, 6) is -0.130. The topological polar surface area (TPSA) is 111 Å². The number of hydrogen-bond acceptors (Lipinski definition) is 7. The number of aryl methyl sites for hydroxylation is 1. The third-order valence-corrected chi connectivity index (χ3v) is 5.76. The van der Waals surface area contributed by atoms with E-state index in [0.29, 0.717) is 23.0 Å². The molecule has 0 atom stereocenters. The number of hydrogen-bond donors (Lipinski definition) is 1. The van der Waals surface area contributed by atoms with Gasteiger partial charge in [0.05, 0.1) is 17.6 Å². The third kappa shape index (κ3) is 5.63. The molecule has 0 unspecified atom stereocenters. The second-order valence-electron chi connectivity index (χ2n) is 7.29. The summed E-state index contributed by atoms with van der Waals surface area (Å²) >= 11 is 1.24. The molecular weight excluding hydrogens is 440 g/mol. The molecule has 0 saturated carbocycles. The summed E-state index contributed by atoms with van der Waals surface area (Å²) in [6.45, 7) is 0.429. The second-order valence-corrected chi connectivity index (χ2v) is 8.23. The maximum Gasteiger partial charge on any atom is 0.253 e. The molecule has 2 heterocycles. The van der Waals surface area contributed by atoms with E-state index < -0.39 is 0 Å². The molecular formula is C22H22N8O2S. The molecule has 0 aliphatic heterocycles. The monoisotopic (exact) mass is 462 g/mol. The lowest BCUT2D eigenvalue weighted by atomic mass is 10.1. The zero-order valence-electron chi connectivity index (χ0n) is 18.1. The Balaban J connectivity index is 1.30. The van der Waals surface area contributed by atoms with Crippen LogP contribution in [0.4, 0.5) is 5.69 Å². The Morgan fingerprint density at radius 1 is 1.09 bits per heavy atom. The predicted octanol–water partition coefficient (Wildman–Crippen LogP) is 2.40. The maximum atomic E-state index is 12.8. The van der Waals surface area contributed by atoms with Crippen molar-refractivity contribution in [2.24, 2.45) is 7.05 Å². The molecule has 11 heteroatoms. The molecule has 1 N–H and O–H groups in total. The number of carbonyl (C=O) groups is 2. The Morgan fingerprint density at radius 3 is 2.55 bits per heavy atom. The fourth-order valence-corrected chi connectivity index (χ4v) is 3.75. The van der Waals surface area contributed by atoms with Gasteiger partial charge in [-0.3, -0.25) is 9.59 Å². The molecule has 0 aliphatic rings. The van der Waals surface area contributed by atoms with Crippen LogP contribution in [0.15, 0.2) is 72.1 Å². The average Bonchev–Trinajstić information content (AvgIpc) is 3.47. The van der Waals surface area contributed by atoms with E-state index in [1.54, 1.807) is 54.1 Å². The van der Waals surface area contributed by atoms with Crippen molar-refractivity contribution in [1.82, 2.24) is 34.9 Å². The molecule has 2 amide bonds. The minimum absolute atomic E-state index is 0.120. The van der Waals surface area contributed by atoms with Crippen molar-refractivity contribution in [2.75, 3.05) is 18.1 Å². The van der Waals surface area contributed by atoms with E-state index in [2.05, 4.69) is 25.9 Å². The molecule has 0 spiro atoms. The van der Waals surface area contributed by atoms with Crippen molar-refractivity contribution in [3.8, 4) is 5.69 Å². The van der Waals surface area contributed by atoms with Crippen LogP contribution in [0.25, 0.3) is 5.69 Å². The van der Waals surface area contributed by atoms with Crippen LogP contribution in [0, 0.1) is 0 Å². The van der Waals surface area contributed by atoms with Gasteiger partial charge in [-0.05, 0) is 46.8 Å². The number of rotatable bonds is 8. The summed E-state index contributed by atoms with van der Waals surface area (Å²) < 4.78 is 3.28. The fraction of sp³-hybridized carbons (Fsp3) is 0.182. The van der Waals surface area contributed by atoms with Gasteiger partial charge in [-0.15, -0.1) is 5.10 Å². The van der Waals surface area contributed by atoms with Gasteiger partial charge in [0.2, 0.25) is 11.1 Å². The number of nitrogens with one attached hydrogen (secondary N) is 1. The van der Waals surface area contributed by atoms with Crippen LogP contribution in [0.3, 0.4) is 0 Å². The number of anilines is 1. The largest absolute Gasteiger partial charge is 0.337 e. The van der Waals surface area contributed by atoms with Crippen molar-refractivity contribution >= 4 is 29.3 Å². The molecule has 0 bridgehead atoms. The van der Waals surface area contributed by atoms with E-state index in [1.807, 2.05) is 36.5 Å². The minimum Gasteiger partial charge on any atom is -0.337 e. The molecule has 10 nitrogen and oxygen atoms in total. The summed E-state index contributed by atoms with van der Waals surface area (Å²) in [5.41, 5.74) is 3.03. The number of carbonyl (C=O) groups excluding carboxylic acids is 2. The van der Waals surface area contributed by atoms with E-state index in [4.69, 9.17) is 0 Å². The van der Waals surface area contributed by atoms with Crippen LogP contribution in [0.2, 0.25) is 0 Å². The van der Waals surface area contributed by atoms with Crippen LogP contribution in [-0.4, -0.2) is 59.5 Å². The lowest BCUT2D eigenvalue weighted by Gasteiger charge is -2.16. The van der Waals surface area contributed by atoms with Crippen molar-refractivity contribution < 1.29 is 9.59 Å². The van der Waals surface area contributed by atoms with Gasteiger partial charge < -0.3 is 10.2 Å². The lowest BCUT2D eigenvalue weighted by Crippen LogP contribution is -2.26. The highest BCUT2D eigenvalue weighted by atomic mass is 32.2. The van der Waals surface area contributed by atoms with Crippen LogP contribution < -0.4 is 5.32 Å². The van der Waals surface area contributed by atoms with Gasteiger partial charge in [0.25, 0.3) is 5.91 Å². The molecule has 4 rings (SSSR count). The van der Waals surface area contributed by atoms with E-state index in [-0.39, 0.29) is 17.6 Å². The number of benzene rings is 2. The molecule has 4 aromatic rings. The molecule has 0 aliphatic carbocycles. The first-order chi connectivity index (χ1) is 16.0. The van der Waals surface area contributed by atoms with E-state index in [1.165, 1.54) is 16.4 Å². The Hall–Kier alpha value is -3.99. The van der Waals surface area contributed by atoms with E-state index in [0.717, 1.165) is 11.3 Å². The standard InChI is InChI=1S/C22H22N8O2S/c1-28(13-16-12-23-30(14-16)19-6-4-3-5-7-19)21(32)17-8-10-18(11-9-17)24-20(31)15-33-22-25-26-27-29(22)2/h3-12,14H,13,15H2,1-2H3,(H,24,31). The smallest absolute Gasteiger partial charge is 0.253 e. The molecule has 2 aromatic heterocycles. The van der Waals surface area contributed by atoms with Crippen molar-refractivity contribution in [3.05, 3.63) is 78.1 Å². The lowest BCUT2D eigenvalue weighted by molar-refractivity contribution is -0.113. The van der Waals surface area contributed by atoms with Gasteiger partial charge >= 0.3 is 0 Å². The SMILES string of the molecule is CN(Cc1cnn(-c2ccccc2)c1)C(=O)c1ccc(NC(=O)CSc2nnnn2C)cc1. The molecule has 33 heavy (non-hydrogen) atoms. The summed E-state index contributed by atoms with van der Waals surface area (Å²) in [6.07, 6.45) is 3.66. The first-order valence-electron chi connectivity index (χ1n) is 10.1. The van der Waals surface area contributed by atoms with Crippen molar-refractivity contribution in [3.63, 3.8) is 0 Å². The second kappa shape index (κ2) is 10.1. The average molecular weight is 463 g/mol. The zero-order chi connectivity index (χ0) is 23.2. The zero-order valence-corrected chi connectivity index (χ0v) is 18.9. The van der Waals surface area contributed by atoms with Gasteiger partial charge in [-0.25, -0.2) is 9.36 Å². The van der Waals surface area contributed by atoms with Gasteiger partial charge in [0.15, 0.2) is 0 Å². The summed E-state index contributed by atoms with van der Waals surface area (Å²) in [4.78, 5) is 26.6.